The summed E-state index contributed by atoms with van der Waals surface area (Å²) in [6, 6.07) is 11.0. The Morgan fingerprint density at radius 2 is 1.36 bits per heavy atom. The molecule has 0 saturated carbocycles. The van der Waals surface area contributed by atoms with Crippen LogP contribution in [0, 0.1) is 0 Å². The molecule has 1 aromatic rings. The third-order valence-electron chi connectivity index (χ3n) is 5.88. The van der Waals surface area contributed by atoms with Crippen molar-refractivity contribution in [1.29, 1.82) is 0 Å². The molecule has 0 aliphatic heterocycles. The Morgan fingerprint density at radius 3 is 1.79 bits per heavy atom. The third kappa shape index (κ3) is 4.14. The van der Waals surface area contributed by atoms with Crippen molar-refractivity contribution in [3.8, 4) is 0 Å². The Kier molecular flexibility index (Phi) is 6.96. The van der Waals surface area contributed by atoms with E-state index in [2.05, 4.69) is 123 Å². The molecule has 1 nitrogen and oxygen atoms in total. The summed E-state index contributed by atoms with van der Waals surface area (Å²) in [5, 5.41) is 4.81. The van der Waals surface area contributed by atoms with Gasteiger partial charge >= 0.3 is 183 Å². The number of hydrogen-bond donors (Lipinski definition) is 1. The van der Waals surface area contributed by atoms with E-state index in [0.29, 0.717) is 33.0 Å². The van der Waals surface area contributed by atoms with Crippen LogP contribution in [0.5, 0.6) is 0 Å². The number of likely N-dealkylation sites (N-methyl/N-ethyl adjacent to an activating group) is 1. The van der Waals surface area contributed by atoms with Crippen molar-refractivity contribution in [1.82, 2.24) is 5.32 Å². The number of hydrogen-bond acceptors (Lipinski definition) is 1. The predicted octanol–water partition coefficient (Wildman–Crippen LogP) is 7.09. The van der Waals surface area contributed by atoms with Gasteiger partial charge in [-0.25, -0.2) is 0 Å². The zero-order valence-electron chi connectivity index (χ0n) is 19.6. The van der Waals surface area contributed by atoms with Gasteiger partial charge < -0.3 is 0 Å². The van der Waals surface area contributed by atoms with Crippen LogP contribution >= 0.6 is 5.45 Å². The quantitative estimate of drug-likeness (QED) is 0.349. The molecule has 0 radical (unpaired) electrons. The van der Waals surface area contributed by atoms with Crippen molar-refractivity contribution < 1.29 is 17.5 Å². The molecule has 0 saturated heterocycles. The number of nitrogens with one attached hydrogen (secondary N) is 1. The fraction of sp³-hybridized carbons (Fsp3) is 0.600. The van der Waals surface area contributed by atoms with Crippen LogP contribution in [-0.2, 0) is 17.5 Å². The first-order valence-corrected chi connectivity index (χ1v) is 15.4. The van der Waals surface area contributed by atoms with Crippen molar-refractivity contribution >= 4 is 11.0 Å². The van der Waals surface area contributed by atoms with E-state index >= 15 is 0 Å². The van der Waals surface area contributed by atoms with Gasteiger partial charge in [-0.15, -0.1) is 0 Å². The monoisotopic (exact) mass is 493 g/mol. The van der Waals surface area contributed by atoms with E-state index in [-0.39, 0.29) is 4.01 Å². The van der Waals surface area contributed by atoms with Crippen LogP contribution in [-0.4, -0.2) is 26.5 Å². The molecule has 1 atom stereocenters. The van der Waals surface area contributed by atoms with Crippen molar-refractivity contribution in [2.45, 2.75) is 88.2 Å². The van der Waals surface area contributed by atoms with E-state index < -0.39 is 5.45 Å². The molecule has 1 aliphatic carbocycles. The van der Waals surface area contributed by atoms with E-state index in [0.717, 1.165) is 6.42 Å². The number of rotatable bonds is 4. The zero-order valence-corrected chi connectivity index (χ0v) is 22.2. The van der Waals surface area contributed by atoms with Gasteiger partial charge in [0.05, 0.1) is 0 Å². The SMILES string of the molecule is CN[C]1([Pd][PH](C(C)(C)C)(C(C)(C)C)C(C)(C)C)CC=CC=C1c1ccccc1. The van der Waals surface area contributed by atoms with Crippen LogP contribution in [0.2, 0.25) is 0 Å². The number of allylic oxidation sites excluding steroid dienone is 2. The second-order valence-electron chi connectivity index (χ2n) is 11.0. The van der Waals surface area contributed by atoms with E-state index in [1.165, 1.54) is 11.1 Å². The molecular formula is C25H42NPPd. The van der Waals surface area contributed by atoms with Gasteiger partial charge in [0, 0.05) is 0 Å². The molecule has 28 heavy (non-hydrogen) atoms. The van der Waals surface area contributed by atoms with Crippen LogP contribution in [0.1, 0.15) is 74.3 Å². The van der Waals surface area contributed by atoms with Gasteiger partial charge in [0.15, 0.2) is 0 Å². The normalized spacial score (nSPS) is 22.3. The Bertz CT molecular complexity index is 693. The van der Waals surface area contributed by atoms with E-state index in [1.54, 1.807) is 0 Å². The molecular weight excluding hydrogens is 452 g/mol. The first-order valence-electron chi connectivity index (χ1n) is 10.4. The molecule has 162 valence electrons. The topological polar surface area (TPSA) is 12.0 Å². The van der Waals surface area contributed by atoms with Crippen LogP contribution in [0.4, 0.5) is 0 Å². The van der Waals surface area contributed by atoms with Crippen LogP contribution < -0.4 is 5.32 Å². The van der Waals surface area contributed by atoms with Gasteiger partial charge in [0.1, 0.15) is 0 Å². The van der Waals surface area contributed by atoms with Gasteiger partial charge in [-0.1, -0.05) is 0 Å². The molecule has 0 fully saturated rings. The second kappa shape index (κ2) is 8.12. The van der Waals surface area contributed by atoms with E-state index in [4.69, 9.17) is 0 Å². The first kappa shape index (κ1) is 24.0. The molecule has 0 spiro atoms. The molecule has 0 amide bonds. The Morgan fingerprint density at radius 1 is 0.857 bits per heavy atom. The number of benzene rings is 1. The molecule has 2 rings (SSSR count). The maximum absolute atomic E-state index is 3.87. The fourth-order valence-electron chi connectivity index (χ4n) is 5.84. The van der Waals surface area contributed by atoms with Crippen molar-refractivity contribution in [3.63, 3.8) is 0 Å². The van der Waals surface area contributed by atoms with Crippen molar-refractivity contribution in [3.05, 3.63) is 54.1 Å². The van der Waals surface area contributed by atoms with E-state index in [9.17, 15) is 0 Å². The van der Waals surface area contributed by atoms with Crippen LogP contribution in [0.3, 0.4) is 0 Å². The summed E-state index contributed by atoms with van der Waals surface area (Å²) in [5.41, 5.74) is 0.991. The first-order chi connectivity index (χ1) is 12.7. The summed E-state index contributed by atoms with van der Waals surface area (Å²) >= 11 is 0.599. The van der Waals surface area contributed by atoms with Crippen molar-refractivity contribution in [2.75, 3.05) is 7.05 Å². The Balaban J connectivity index is 2.73. The molecule has 1 unspecified atom stereocenters. The predicted molar refractivity (Wildman–Crippen MR) is 128 cm³/mol. The Hall–Kier alpha value is -0.248. The fourth-order valence-corrected chi connectivity index (χ4v) is 24.4. The third-order valence-corrected chi connectivity index (χ3v) is 27.7. The summed E-state index contributed by atoms with van der Waals surface area (Å²) in [5.74, 6) is 0. The second-order valence-corrected chi connectivity index (χ2v) is 22.9. The van der Waals surface area contributed by atoms with Crippen molar-refractivity contribution in [2.24, 2.45) is 0 Å². The summed E-state index contributed by atoms with van der Waals surface area (Å²) in [4.78, 5) is 0. The zero-order chi connectivity index (χ0) is 21.4. The summed E-state index contributed by atoms with van der Waals surface area (Å²) in [6.07, 6.45) is 8.06. The molecule has 0 heterocycles. The van der Waals surface area contributed by atoms with Gasteiger partial charge in [-0.3, -0.25) is 0 Å². The van der Waals surface area contributed by atoms with Crippen LogP contribution in [0.25, 0.3) is 5.57 Å². The summed E-state index contributed by atoms with van der Waals surface area (Å²) in [7, 11) is 2.18. The molecule has 0 aromatic heterocycles. The molecule has 1 aromatic carbocycles. The minimum absolute atomic E-state index is 0.0323. The van der Waals surface area contributed by atoms with Crippen LogP contribution in [0.15, 0.2) is 48.6 Å². The minimum atomic E-state index is -1.84. The van der Waals surface area contributed by atoms with Gasteiger partial charge in [0.2, 0.25) is 0 Å². The molecule has 1 aliphatic rings. The Labute approximate surface area is 182 Å². The standard InChI is InChI=1S/C13H14N.C12H27P.Pd/c1-14-13-10-6-5-9-12(13)11-7-3-2-4-8-11;1-10(2,3)13(11(4,5)6)12(7,8)9;/h2-9,14H,10H2,1H3;1-9H3;/q;;-1/p+1. The average Bonchev–Trinajstić information content (AvgIpc) is 2.57. The summed E-state index contributed by atoms with van der Waals surface area (Å²) in [6.45, 7) is 22.6. The van der Waals surface area contributed by atoms with Gasteiger partial charge in [0.25, 0.3) is 0 Å². The van der Waals surface area contributed by atoms with E-state index in [1.807, 2.05) is 0 Å². The average molecular weight is 494 g/mol. The molecule has 3 heteroatoms. The molecule has 1 N–H and O–H groups in total. The van der Waals surface area contributed by atoms with Gasteiger partial charge in [-0.05, 0) is 0 Å². The summed E-state index contributed by atoms with van der Waals surface area (Å²) < 4.78 is 0.0323. The molecule has 0 bridgehead atoms. The maximum atomic E-state index is 3.87. The van der Waals surface area contributed by atoms with Gasteiger partial charge in [-0.2, -0.15) is 0 Å².